The molecule has 1 aromatic carbocycles. The Labute approximate surface area is 190 Å². The van der Waals surface area contributed by atoms with Gasteiger partial charge in [0.1, 0.15) is 11.6 Å². The van der Waals surface area contributed by atoms with Gasteiger partial charge in [0.2, 0.25) is 15.2 Å². The highest BCUT2D eigenvalue weighted by atomic mass is 32.2. The molecule has 3 rings (SSSR count). The van der Waals surface area contributed by atoms with Crippen LogP contribution in [0.15, 0.2) is 24.3 Å². The molecule has 2 heterocycles. The molecular weight excluding hydrogens is 432 g/mol. The molecule has 1 aliphatic heterocycles. The fraction of sp³-hybridized carbons (Fsp3) is 0.636. The third kappa shape index (κ3) is 7.15. The molecule has 1 aliphatic rings. The number of rotatable bonds is 12. The van der Waals surface area contributed by atoms with Gasteiger partial charge in [-0.2, -0.15) is 8.68 Å². The van der Waals surface area contributed by atoms with Gasteiger partial charge in [0.05, 0.1) is 12.9 Å². The van der Waals surface area contributed by atoms with E-state index in [1.54, 1.807) is 11.4 Å². The lowest BCUT2D eigenvalue weighted by Crippen LogP contribution is -2.49. The van der Waals surface area contributed by atoms with E-state index < -0.39 is 10.0 Å². The van der Waals surface area contributed by atoms with Gasteiger partial charge in [-0.15, -0.1) is 0 Å². The second kappa shape index (κ2) is 11.8. The van der Waals surface area contributed by atoms with Gasteiger partial charge in [-0.3, -0.25) is 0 Å². The SMILES string of the molecule is CCCCCCCCS(=O)(=O)N1CCN(c2nc(Cc3cccc(OC)c3)ns2)CC1. The van der Waals surface area contributed by atoms with Gasteiger partial charge < -0.3 is 9.64 Å². The van der Waals surface area contributed by atoms with Crippen LogP contribution >= 0.6 is 11.5 Å². The van der Waals surface area contributed by atoms with Crippen LogP contribution in [-0.2, 0) is 16.4 Å². The van der Waals surface area contributed by atoms with Gasteiger partial charge in [-0.05, 0) is 24.1 Å². The number of hydrogen-bond donors (Lipinski definition) is 0. The van der Waals surface area contributed by atoms with Crippen LogP contribution in [0.5, 0.6) is 5.75 Å². The average Bonchev–Trinajstić information content (AvgIpc) is 3.25. The molecule has 0 aliphatic carbocycles. The maximum absolute atomic E-state index is 12.6. The normalized spacial score (nSPS) is 15.4. The topological polar surface area (TPSA) is 75.6 Å². The van der Waals surface area contributed by atoms with E-state index in [1.165, 1.54) is 30.8 Å². The first kappa shape index (κ1) is 23.9. The third-order valence-corrected chi connectivity index (χ3v) is 8.38. The van der Waals surface area contributed by atoms with Crippen LogP contribution in [0.1, 0.15) is 56.8 Å². The lowest BCUT2D eigenvalue weighted by atomic mass is 10.1. The highest BCUT2D eigenvalue weighted by Crippen LogP contribution is 2.22. The average molecular weight is 467 g/mol. The van der Waals surface area contributed by atoms with E-state index in [9.17, 15) is 8.42 Å². The van der Waals surface area contributed by atoms with Crippen LogP contribution in [0.4, 0.5) is 5.13 Å². The Bertz CT molecular complexity index is 909. The summed E-state index contributed by atoms with van der Waals surface area (Å²) in [5.41, 5.74) is 1.11. The molecule has 1 aromatic heterocycles. The number of methoxy groups -OCH3 is 1. The molecule has 1 fully saturated rings. The molecule has 31 heavy (non-hydrogen) atoms. The van der Waals surface area contributed by atoms with E-state index in [-0.39, 0.29) is 5.75 Å². The molecule has 172 valence electrons. The van der Waals surface area contributed by atoms with Crippen molar-refractivity contribution in [2.75, 3.05) is 43.9 Å². The van der Waals surface area contributed by atoms with Gasteiger partial charge in [0, 0.05) is 44.1 Å². The Balaban J connectivity index is 1.46. The summed E-state index contributed by atoms with van der Waals surface area (Å²) in [7, 11) is -1.50. The van der Waals surface area contributed by atoms with E-state index in [2.05, 4.69) is 21.2 Å². The molecule has 0 saturated carbocycles. The summed E-state index contributed by atoms with van der Waals surface area (Å²) in [5, 5.41) is 0.867. The zero-order valence-electron chi connectivity index (χ0n) is 18.6. The first-order chi connectivity index (χ1) is 15.0. The van der Waals surface area contributed by atoms with E-state index in [0.717, 1.165) is 41.5 Å². The number of nitrogens with zero attached hydrogens (tertiary/aromatic N) is 4. The molecule has 1 saturated heterocycles. The summed E-state index contributed by atoms with van der Waals surface area (Å²) in [6, 6.07) is 7.92. The predicted octanol–water partition coefficient (Wildman–Crippen LogP) is 3.95. The minimum absolute atomic E-state index is 0.266. The van der Waals surface area contributed by atoms with Crippen molar-refractivity contribution in [3.8, 4) is 5.75 Å². The summed E-state index contributed by atoms with van der Waals surface area (Å²) in [6.07, 6.45) is 7.20. The second-order valence-electron chi connectivity index (χ2n) is 7.99. The molecule has 0 unspecified atom stereocenters. The van der Waals surface area contributed by atoms with Crippen molar-refractivity contribution in [1.82, 2.24) is 13.7 Å². The number of aromatic nitrogens is 2. The van der Waals surface area contributed by atoms with Crippen molar-refractivity contribution >= 4 is 26.7 Å². The molecule has 0 spiro atoms. The first-order valence-electron chi connectivity index (χ1n) is 11.2. The molecule has 7 nitrogen and oxygen atoms in total. The zero-order chi connectivity index (χ0) is 22.1. The molecule has 0 bridgehead atoms. The largest absolute Gasteiger partial charge is 0.497 e. The number of sulfonamides is 1. The molecule has 0 N–H and O–H groups in total. The van der Waals surface area contributed by atoms with E-state index in [1.807, 2.05) is 24.3 Å². The van der Waals surface area contributed by atoms with Crippen LogP contribution in [0.3, 0.4) is 0 Å². The summed E-state index contributed by atoms with van der Waals surface area (Å²) < 4.78 is 36.7. The van der Waals surface area contributed by atoms with E-state index in [4.69, 9.17) is 4.74 Å². The molecule has 0 radical (unpaired) electrons. The standard InChI is InChI=1S/C22H34N4O3S2/c1-3-4-5-6-7-8-16-31(27,28)26-14-12-25(13-15-26)22-23-21(24-30-22)18-19-10-9-11-20(17-19)29-2/h9-11,17H,3-8,12-16,18H2,1-2H3. The number of benzene rings is 1. The predicted molar refractivity (Wildman–Crippen MR) is 127 cm³/mol. The number of ether oxygens (including phenoxy) is 1. The Morgan fingerprint density at radius 1 is 1.06 bits per heavy atom. The third-order valence-electron chi connectivity index (χ3n) is 5.61. The Morgan fingerprint density at radius 3 is 2.55 bits per heavy atom. The lowest BCUT2D eigenvalue weighted by molar-refractivity contribution is 0.383. The lowest BCUT2D eigenvalue weighted by Gasteiger charge is -2.33. The first-order valence-corrected chi connectivity index (χ1v) is 13.6. The zero-order valence-corrected chi connectivity index (χ0v) is 20.3. The second-order valence-corrected chi connectivity index (χ2v) is 10.8. The minimum Gasteiger partial charge on any atom is -0.497 e. The monoisotopic (exact) mass is 466 g/mol. The Morgan fingerprint density at radius 2 is 1.81 bits per heavy atom. The Hall–Kier alpha value is -1.71. The molecule has 0 amide bonds. The van der Waals surface area contributed by atoms with Crippen molar-refractivity contribution in [3.63, 3.8) is 0 Å². The maximum Gasteiger partial charge on any atom is 0.214 e. The van der Waals surface area contributed by atoms with Gasteiger partial charge in [0.25, 0.3) is 0 Å². The number of anilines is 1. The fourth-order valence-corrected chi connectivity index (χ4v) is 6.04. The molecule has 0 atom stereocenters. The Kier molecular flexibility index (Phi) is 9.10. The van der Waals surface area contributed by atoms with Crippen molar-refractivity contribution in [1.29, 1.82) is 0 Å². The van der Waals surface area contributed by atoms with Crippen molar-refractivity contribution < 1.29 is 13.2 Å². The van der Waals surface area contributed by atoms with Crippen LogP contribution < -0.4 is 9.64 Å². The van der Waals surface area contributed by atoms with E-state index >= 15 is 0 Å². The quantitative estimate of drug-likeness (QED) is 0.441. The van der Waals surface area contributed by atoms with E-state index in [0.29, 0.717) is 32.6 Å². The fourth-order valence-electron chi connectivity index (χ4n) is 3.76. The van der Waals surface area contributed by atoms with Gasteiger partial charge in [-0.1, -0.05) is 51.2 Å². The van der Waals surface area contributed by atoms with Gasteiger partial charge in [0.15, 0.2) is 0 Å². The summed E-state index contributed by atoms with van der Waals surface area (Å²) in [6.45, 7) is 4.53. The number of hydrogen-bond acceptors (Lipinski definition) is 7. The van der Waals surface area contributed by atoms with Gasteiger partial charge >= 0.3 is 0 Å². The molecule has 2 aromatic rings. The van der Waals surface area contributed by atoms with Gasteiger partial charge in [-0.25, -0.2) is 13.4 Å². The van der Waals surface area contributed by atoms with Crippen molar-refractivity contribution in [2.45, 2.75) is 51.9 Å². The van der Waals surface area contributed by atoms with Crippen LogP contribution in [0.25, 0.3) is 0 Å². The summed E-state index contributed by atoms with van der Waals surface area (Å²) in [5.74, 6) is 1.88. The molecular formula is C22H34N4O3S2. The maximum atomic E-state index is 12.6. The smallest absolute Gasteiger partial charge is 0.214 e. The van der Waals surface area contributed by atoms with Crippen LogP contribution in [0.2, 0.25) is 0 Å². The highest BCUT2D eigenvalue weighted by molar-refractivity contribution is 7.89. The number of unbranched alkanes of at least 4 members (excludes halogenated alkanes) is 5. The molecule has 9 heteroatoms. The summed E-state index contributed by atoms with van der Waals surface area (Å²) >= 11 is 1.38. The van der Waals surface area contributed by atoms with Crippen molar-refractivity contribution in [2.24, 2.45) is 0 Å². The van der Waals surface area contributed by atoms with Crippen molar-refractivity contribution in [3.05, 3.63) is 35.7 Å². The van der Waals surface area contributed by atoms with Crippen LogP contribution in [-0.4, -0.2) is 61.1 Å². The number of piperazine rings is 1. The highest BCUT2D eigenvalue weighted by Gasteiger charge is 2.27. The summed E-state index contributed by atoms with van der Waals surface area (Å²) in [4.78, 5) is 6.82. The van der Waals surface area contributed by atoms with Crippen LogP contribution in [0, 0.1) is 0 Å². The minimum atomic E-state index is -3.16.